The molecular formula is C20H28N4O. The summed E-state index contributed by atoms with van der Waals surface area (Å²) in [5, 5.41) is 11.1. The van der Waals surface area contributed by atoms with Crippen molar-refractivity contribution in [1.29, 1.82) is 0 Å². The van der Waals surface area contributed by atoms with Gasteiger partial charge in [0.1, 0.15) is 5.82 Å². The molecule has 1 amide bonds. The van der Waals surface area contributed by atoms with Crippen LogP contribution in [0.15, 0.2) is 30.3 Å². The summed E-state index contributed by atoms with van der Waals surface area (Å²) >= 11 is 0. The lowest BCUT2D eigenvalue weighted by Crippen LogP contribution is -2.48. The monoisotopic (exact) mass is 340 g/mol. The van der Waals surface area contributed by atoms with E-state index in [-0.39, 0.29) is 17.2 Å². The first-order chi connectivity index (χ1) is 11.8. The first-order valence-corrected chi connectivity index (χ1v) is 8.95. The van der Waals surface area contributed by atoms with Gasteiger partial charge in [0, 0.05) is 17.4 Å². The molecule has 1 aliphatic rings. The number of rotatable bonds is 4. The predicted molar refractivity (Wildman–Crippen MR) is 101 cm³/mol. The van der Waals surface area contributed by atoms with Gasteiger partial charge in [-0.1, -0.05) is 45.4 Å². The van der Waals surface area contributed by atoms with Crippen molar-refractivity contribution in [3.63, 3.8) is 0 Å². The van der Waals surface area contributed by atoms with E-state index in [0.29, 0.717) is 5.92 Å². The Labute approximate surface area is 149 Å². The number of aromatic nitrogens is 2. The fourth-order valence-corrected chi connectivity index (χ4v) is 2.84. The summed E-state index contributed by atoms with van der Waals surface area (Å²) in [5.41, 5.74) is 3.03. The highest BCUT2D eigenvalue weighted by Gasteiger charge is 2.30. The van der Waals surface area contributed by atoms with Crippen LogP contribution < -0.4 is 10.6 Å². The van der Waals surface area contributed by atoms with Crippen LogP contribution in [0.5, 0.6) is 0 Å². The van der Waals surface area contributed by atoms with Gasteiger partial charge in [-0.05, 0) is 38.1 Å². The smallest absolute Gasteiger partial charge is 0.228 e. The molecule has 2 aromatic rings. The standard InChI is InChI=1S/C20H28N4O/c1-13-6-8-16(9-7-13)24-18(10-17(23-24)20(3,4)5)22-19(25)14(2)15-11-21-12-15/h6-10,14-15,21H,11-12H2,1-5H3,(H,22,25). The molecule has 134 valence electrons. The molecule has 0 spiro atoms. The molecule has 1 unspecified atom stereocenters. The molecule has 0 bridgehead atoms. The van der Waals surface area contributed by atoms with Crippen molar-refractivity contribution in [1.82, 2.24) is 15.1 Å². The minimum atomic E-state index is -0.0844. The maximum absolute atomic E-state index is 12.7. The third kappa shape index (κ3) is 3.76. The van der Waals surface area contributed by atoms with Crippen LogP contribution in [0.3, 0.4) is 0 Å². The molecule has 2 heterocycles. The number of hydrogen-bond donors (Lipinski definition) is 2. The van der Waals surface area contributed by atoms with Crippen LogP contribution in [-0.4, -0.2) is 28.8 Å². The summed E-state index contributed by atoms with van der Waals surface area (Å²) in [5.74, 6) is 1.19. The molecule has 25 heavy (non-hydrogen) atoms. The molecule has 5 nitrogen and oxygen atoms in total. The number of amides is 1. The average molecular weight is 340 g/mol. The summed E-state index contributed by atoms with van der Waals surface area (Å²) in [6.07, 6.45) is 0. The van der Waals surface area contributed by atoms with Crippen LogP contribution in [0.2, 0.25) is 0 Å². The third-order valence-corrected chi connectivity index (χ3v) is 4.94. The SMILES string of the molecule is Cc1ccc(-n2nc(C(C)(C)C)cc2NC(=O)C(C)C2CNC2)cc1. The molecule has 1 aromatic carbocycles. The van der Waals surface area contributed by atoms with Crippen LogP contribution in [0.1, 0.15) is 39.0 Å². The zero-order chi connectivity index (χ0) is 18.2. The number of nitrogens with one attached hydrogen (secondary N) is 2. The number of benzene rings is 1. The van der Waals surface area contributed by atoms with E-state index in [9.17, 15) is 4.79 Å². The first kappa shape index (κ1) is 17.7. The van der Waals surface area contributed by atoms with Crippen LogP contribution in [0, 0.1) is 18.8 Å². The Balaban J connectivity index is 1.91. The Morgan fingerprint density at radius 2 is 1.92 bits per heavy atom. The van der Waals surface area contributed by atoms with Gasteiger partial charge in [0.05, 0.1) is 11.4 Å². The van der Waals surface area contributed by atoms with Crippen LogP contribution >= 0.6 is 0 Å². The van der Waals surface area contributed by atoms with Gasteiger partial charge < -0.3 is 10.6 Å². The van der Waals surface area contributed by atoms with Crippen molar-refractivity contribution in [2.75, 3.05) is 18.4 Å². The average Bonchev–Trinajstić information content (AvgIpc) is 2.90. The number of hydrogen-bond acceptors (Lipinski definition) is 3. The second kappa shape index (κ2) is 6.64. The van der Waals surface area contributed by atoms with E-state index < -0.39 is 0 Å². The summed E-state index contributed by atoms with van der Waals surface area (Å²) in [6, 6.07) is 10.2. The Morgan fingerprint density at radius 1 is 1.28 bits per heavy atom. The van der Waals surface area contributed by atoms with Crippen molar-refractivity contribution in [3.8, 4) is 5.69 Å². The quantitative estimate of drug-likeness (QED) is 0.898. The number of carbonyl (C=O) groups excluding carboxylic acids is 1. The number of anilines is 1. The minimum absolute atomic E-state index is 0.0132. The molecule has 2 N–H and O–H groups in total. The summed E-state index contributed by atoms with van der Waals surface area (Å²) in [4.78, 5) is 12.7. The second-order valence-electron chi connectivity index (χ2n) is 8.11. The molecule has 1 fully saturated rings. The summed E-state index contributed by atoms with van der Waals surface area (Å²) < 4.78 is 1.84. The van der Waals surface area contributed by atoms with Gasteiger partial charge in [-0.2, -0.15) is 5.10 Å². The fourth-order valence-electron chi connectivity index (χ4n) is 2.84. The van der Waals surface area contributed by atoms with Crippen molar-refractivity contribution in [2.45, 2.75) is 40.0 Å². The van der Waals surface area contributed by atoms with Gasteiger partial charge in [-0.15, -0.1) is 0 Å². The minimum Gasteiger partial charge on any atom is -0.316 e. The van der Waals surface area contributed by atoms with E-state index in [4.69, 9.17) is 5.10 Å². The summed E-state index contributed by atoms with van der Waals surface area (Å²) in [7, 11) is 0. The fraction of sp³-hybridized carbons (Fsp3) is 0.500. The van der Waals surface area contributed by atoms with E-state index in [1.807, 2.05) is 29.8 Å². The molecule has 1 aromatic heterocycles. The molecule has 1 atom stereocenters. The number of aryl methyl sites for hydroxylation is 1. The van der Waals surface area contributed by atoms with E-state index in [1.54, 1.807) is 0 Å². The van der Waals surface area contributed by atoms with Gasteiger partial charge in [0.25, 0.3) is 0 Å². The van der Waals surface area contributed by atoms with Gasteiger partial charge in [-0.25, -0.2) is 4.68 Å². The number of nitrogens with zero attached hydrogens (tertiary/aromatic N) is 2. The van der Waals surface area contributed by atoms with Crippen LogP contribution in [0.4, 0.5) is 5.82 Å². The maximum atomic E-state index is 12.7. The Morgan fingerprint density at radius 3 is 2.44 bits per heavy atom. The molecular weight excluding hydrogens is 312 g/mol. The Bertz CT molecular complexity index is 751. The van der Waals surface area contributed by atoms with E-state index in [1.165, 1.54) is 5.56 Å². The normalized spacial score (nSPS) is 16.4. The molecule has 0 radical (unpaired) electrons. The van der Waals surface area contributed by atoms with Gasteiger partial charge in [0.15, 0.2) is 0 Å². The van der Waals surface area contributed by atoms with Crippen molar-refractivity contribution < 1.29 is 4.79 Å². The first-order valence-electron chi connectivity index (χ1n) is 8.95. The van der Waals surface area contributed by atoms with E-state index in [0.717, 1.165) is 30.3 Å². The van der Waals surface area contributed by atoms with Crippen LogP contribution in [0.25, 0.3) is 5.69 Å². The van der Waals surface area contributed by atoms with Crippen molar-refractivity contribution in [3.05, 3.63) is 41.6 Å². The summed E-state index contributed by atoms with van der Waals surface area (Å²) in [6.45, 7) is 12.3. The lowest BCUT2D eigenvalue weighted by atomic mass is 9.88. The third-order valence-electron chi connectivity index (χ3n) is 4.94. The molecule has 0 saturated carbocycles. The topological polar surface area (TPSA) is 59.0 Å². The Hall–Kier alpha value is -2.14. The zero-order valence-corrected chi connectivity index (χ0v) is 15.8. The lowest BCUT2D eigenvalue weighted by Gasteiger charge is -2.31. The van der Waals surface area contributed by atoms with Gasteiger partial charge >= 0.3 is 0 Å². The molecule has 5 heteroatoms. The molecule has 3 rings (SSSR count). The highest BCUT2D eigenvalue weighted by molar-refractivity contribution is 5.92. The lowest BCUT2D eigenvalue weighted by molar-refractivity contribution is -0.121. The second-order valence-corrected chi connectivity index (χ2v) is 8.11. The van der Waals surface area contributed by atoms with Crippen molar-refractivity contribution in [2.24, 2.45) is 11.8 Å². The Kier molecular flexibility index (Phi) is 4.69. The maximum Gasteiger partial charge on any atom is 0.228 e. The highest BCUT2D eigenvalue weighted by atomic mass is 16.2. The largest absolute Gasteiger partial charge is 0.316 e. The van der Waals surface area contributed by atoms with Gasteiger partial charge in [-0.3, -0.25) is 4.79 Å². The van der Waals surface area contributed by atoms with Crippen molar-refractivity contribution >= 4 is 11.7 Å². The molecule has 0 aliphatic carbocycles. The molecule has 1 saturated heterocycles. The highest BCUT2D eigenvalue weighted by Crippen LogP contribution is 2.27. The van der Waals surface area contributed by atoms with Crippen LogP contribution in [-0.2, 0) is 10.2 Å². The van der Waals surface area contributed by atoms with Gasteiger partial charge in [0.2, 0.25) is 5.91 Å². The zero-order valence-electron chi connectivity index (χ0n) is 15.8. The molecule has 1 aliphatic heterocycles. The predicted octanol–water partition coefficient (Wildman–Crippen LogP) is 3.27. The van der Waals surface area contributed by atoms with E-state index in [2.05, 4.69) is 50.5 Å². The van der Waals surface area contributed by atoms with E-state index >= 15 is 0 Å². The number of carbonyl (C=O) groups is 1.